The molecule has 2 heterocycles. The minimum absolute atomic E-state index is 0.0127. The molecule has 1 saturated heterocycles. The molecule has 0 aliphatic carbocycles. The van der Waals surface area contributed by atoms with Crippen LogP contribution in [-0.4, -0.2) is 34.9 Å². The Morgan fingerprint density at radius 1 is 1.30 bits per heavy atom. The predicted octanol–water partition coefficient (Wildman–Crippen LogP) is 2.65. The van der Waals surface area contributed by atoms with Crippen LogP contribution >= 0.6 is 0 Å². The topological polar surface area (TPSA) is 115 Å². The van der Waals surface area contributed by atoms with Crippen LogP contribution in [0.5, 0.6) is 5.75 Å². The van der Waals surface area contributed by atoms with Gasteiger partial charge in [-0.2, -0.15) is 0 Å². The van der Waals surface area contributed by atoms with Crippen molar-refractivity contribution >= 4 is 17.6 Å². The molecule has 1 fully saturated rings. The highest BCUT2D eigenvalue weighted by Crippen LogP contribution is 2.32. The smallest absolute Gasteiger partial charge is 0.325 e. The zero-order chi connectivity index (χ0) is 19.8. The first-order chi connectivity index (χ1) is 12.7. The number of carbonyl (C=O) groups excluding carboxylic acids is 2. The molecule has 1 atom stereocenters. The molecule has 9 heteroatoms. The maximum absolute atomic E-state index is 12.8. The Morgan fingerprint density at radius 3 is 2.67 bits per heavy atom. The van der Waals surface area contributed by atoms with Crippen molar-refractivity contribution in [3.8, 4) is 5.75 Å². The lowest BCUT2D eigenvalue weighted by Crippen LogP contribution is -2.41. The Balaban J connectivity index is 1.68. The third-order valence-corrected chi connectivity index (χ3v) is 4.47. The van der Waals surface area contributed by atoms with E-state index in [4.69, 9.17) is 9.15 Å². The molecule has 0 saturated carbocycles. The fraction of sp³-hybridized carbons (Fsp3) is 0.333. The van der Waals surface area contributed by atoms with Crippen molar-refractivity contribution in [3.63, 3.8) is 0 Å². The van der Waals surface area contributed by atoms with Crippen LogP contribution in [0.2, 0.25) is 0 Å². The Hall–Kier alpha value is -3.36. The summed E-state index contributed by atoms with van der Waals surface area (Å²) in [5, 5.41) is 13.5. The standard InChI is InChI=1S/C18H19N3O6/c1-11-9-15(12(2)27-11)18(3)16(22)20(17(23)19-18)7-8-26-14-6-4-5-13(10-14)21(24)25/h4-6,9-10H,7-8H2,1-3H3,(H,19,23). The van der Waals surface area contributed by atoms with Gasteiger partial charge in [-0.3, -0.25) is 19.8 Å². The minimum Gasteiger partial charge on any atom is -0.491 e. The molecule has 3 rings (SSSR count). The fourth-order valence-corrected chi connectivity index (χ4v) is 3.15. The molecule has 9 nitrogen and oxygen atoms in total. The van der Waals surface area contributed by atoms with Crippen molar-refractivity contribution < 1.29 is 23.7 Å². The van der Waals surface area contributed by atoms with E-state index >= 15 is 0 Å². The number of nitrogens with one attached hydrogen (secondary N) is 1. The van der Waals surface area contributed by atoms with Gasteiger partial charge < -0.3 is 14.5 Å². The highest BCUT2D eigenvalue weighted by atomic mass is 16.6. The Bertz CT molecular complexity index is 922. The van der Waals surface area contributed by atoms with Crippen LogP contribution in [0.15, 0.2) is 34.7 Å². The molecule has 0 spiro atoms. The van der Waals surface area contributed by atoms with E-state index in [-0.39, 0.29) is 18.8 Å². The van der Waals surface area contributed by atoms with Gasteiger partial charge in [-0.25, -0.2) is 4.79 Å². The molecule has 27 heavy (non-hydrogen) atoms. The number of non-ortho nitro benzene ring substituents is 1. The number of furan rings is 1. The second-order valence-corrected chi connectivity index (χ2v) is 6.44. The van der Waals surface area contributed by atoms with Crippen molar-refractivity contribution in [2.45, 2.75) is 26.3 Å². The fourth-order valence-electron chi connectivity index (χ4n) is 3.15. The Kier molecular flexibility index (Phi) is 4.61. The quantitative estimate of drug-likeness (QED) is 0.473. The van der Waals surface area contributed by atoms with E-state index in [0.29, 0.717) is 22.8 Å². The number of nitro groups is 1. The lowest BCUT2D eigenvalue weighted by molar-refractivity contribution is -0.384. The average Bonchev–Trinajstić information content (AvgIpc) is 3.06. The van der Waals surface area contributed by atoms with Crippen LogP contribution in [0.4, 0.5) is 10.5 Å². The third kappa shape index (κ3) is 3.35. The normalized spacial score (nSPS) is 19.3. The summed E-state index contributed by atoms with van der Waals surface area (Å²) in [6.07, 6.45) is 0. The van der Waals surface area contributed by atoms with Gasteiger partial charge in [-0.1, -0.05) is 6.07 Å². The number of hydrogen-bond acceptors (Lipinski definition) is 6. The van der Waals surface area contributed by atoms with Gasteiger partial charge in [0.1, 0.15) is 29.4 Å². The van der Waals surface area contributed by atoms with Crippen molar-refractivity contribution in [2.24, 2.45) is 0 Å². The third-order valence-electron chi connectivity index (χ3n) is 4.47. The molecule has 1 unspecified atom stereocenters. The molecule has 1 aliphatic heterocycles. The molecule has 0 radical (unpaired) electrons. The van der Waals surface area contributed by atoms with Crippen LogP contribution < -0.4 is 10.1 Å². The number of rotatable bonds is 6. The number of amides is 3. The number of benzene rings is 1. The van der Waals surface area contributed by atoms with E-state index in [1.54, 1.807) is 32.9 Å². The highest BCUT2D eigenvalue weighted by molar-refractivity contribution is 6.07. The van der Waals surface area contributed by atoms with E-state index in [2.05, 4.69) is 5.32 Å². The number of nitrogens with zero attached hydrogens (tertiary/aromatic N) is 2. The summed E-state index contributed by atoms with van der Waals surface area (Å²) in [4.78, 5) is 36.5. The molecule has 1 N–H and O–H groups in total. The Labute approximate surface area is 155 Å². The van der Waals surface area contributed by atoms with Gasteiger partial charge in [0.2, 0.25) is 0 Å². The number of carbonyl (C=O) groups is 2. The van der Waals surface area contributed by atoms with Gasteiger partial charge in [-0.05, 0) is 32.9 Å². The second kappa shape index (κ2) is 6.75. The van der Waals surface area contributed by atoms with Crippen LogP contribution in [-0.2, 0) is 10.3 Å². The summed E-state index contributed by atoms with van der Waals surface area (Å²) in [7, 11) is 0. The number of imide groups is 1. The summed E-state index contributed by atoms with van der Waals surface area (Å²) < 4.78 is 10.9. The van der Waals surface area contributed by atoms with Crippen LogP contribution in [0, 0.1) is 24.0 Å². The molecule has 0 bridgehead atoms. The second-order valence-electron chi connectivity index (χ2n) is 6.44. The lowest BCUT2D eigenvalue weighted by Gasteiger charge is -2.21. The molecule has 1 aromatic heterocycles. The van der Waals surface area contributed by atoms with E-state index in [1.165, 1.54) is 18.2 Å². The molecular formula is C18H19N3O6. The molecule has 2 aromatic rings. The monoisotopic (exact) mass is 373 g/mol. The molecule has 3 amide bonds. The molecule has 1 aliphatic rings. The maximum Gasteiger partial charge on any atom is 0.325 e. The van der Waals surface area contributed by atoms with Crippen molar-refractivity contribution in [1.82, 2.24) is 10.2 Å². The zero-order valence-corrected chi connectivity index (χ0v) is 15.1. The molecule has 1 aromatic carbocycles. The van der Waals surface area contributed by atoms with E-state index in [9.17, 15) is 19.7 Å². The maximum atomic E-state index is 12.8. The van der Waals surface area contributed by atoms with E-state index in [1.807, 2.05) is 0 Å². The summed E-state index contributed by atoms with van der Waals surface area (Å²) in [6.45, 7) is 5.16. The SMILES string of the molecule is Cc1cc(C2(C)NC(=O)N(CCOc3cccc([N+](=O)[O-])c3)C2=O)c(C)o1. The number of nitro benzene ring substituents is 1. The Morgan fingerprint density at radius 2 is 2.04 bits per heavy atom. The van der Waals surface area contributed by atoms with Crippen LogP contribution in [0.25, 0.3) is 0 Å². The number of aryl methyl sites for hydroxylation is 2. The van der Waals surface area contributed by atoms with Gasteiger partial charge in [0.15, 0.2) is 0 Å². The largest absolute Gasteiger partial charge is 0.491 e. The van der Waals surface area contributed by atoms with Gasteiger partial charge in [0.05, 0.1) is 17.5 Å². The van der Waals surface area contributed by atoms with E-state index in [0.717, 1.165) is 4.90 Å². The first-order valence-electron chi connectivity index (χ1n) is 8.31. The summed E-state index contributed by atoms with van der Waals surface area (Å²) in [5.74, 6) is 1.11. The molecular weight excluding hydrogens is 354 g/mol. The summed E-state index contributed by atoms with van der Waals surface area (Å²) in [5.41, 5.74) is -0.689. The zero-order valence-electron chi connectivity index (χ0n) is 15.1. The minimum atomic E-state index is -1.20. The lowest BCUT2D eigenvalue weighted by atomic mass is 9.92. The van der Waals surface area contributed by atoms with Gasteiger partial charge in [0, 0.05) is 11.6 Å². The first kappa shape index (κ1) is 18.4. The van der Waals surface area contributed by atoms with Crippen molar-refractivity contribution in [2.75, 3.05) is 13.2 Å². The van der Waals surface area contributed by atoms with Gasteiger partial charge in [-0.15, -0.1) is 0 Å². The number of hydrogen-bond donors (Lipinski definition) is 1. The van der Waals surface area contributed by atoms with Crippen molar-refractivity contribution in [3.05, 3.63) is 57.5 Å². The average molecular weight is 373 g/mol. The molecule has 142 valence electrons. The van der Waals surface area contributed by atoms with Crippen LogP contribution in [0.3, 0.4) is 0 Å². The van der Waals surface area contributed by atoms with Gasteiger partial charge in [0.25, 0.3) is 11.6 Å². The predicted molar refractivity (Wildman–Crippen MR) is 94.4 cm³/mol. The van der Waals surface area contributed by atoms with Crippen LogP contribution in [0.1, 0.15) is 24.0 Å². The highest BCUT2D eigenvalue weighted by Gasteiger charge is 2.50. The first-order valence-corrected chi connectivity index (χ1v) is 8.31. The number of urea groups is 1. The van der Waals surface area contributed by atoms with E-state index < -0.39 is 22.4 Å². The summed E-state index contributed by atoms with van der Waals surface area (Å²) in [6, 6.07) is 6.92. The summed E-state index contributed by atoms with van der Waals surface area (Å²) >= 11 is 0. The van der Waals surface area contributed by atoms with Crippen molar-refractivity contribution in [1.29, 1.82) is 0 Å². The number of ether oxygens (including phenoxy) is 1. The van der Waals surface area contributed by atoms with Gasteiger partial charge >= 0.3 is 6.03 Å².